The SMILES string of the molecule is CNC1(c2cccc(F)c2)CCC2(CC1)CN(c1cc(C(F)(F)F)nn1CC1CC1)C(O)N2. The molecule has 5 rings (SSSR count). The first-order valence-electron chi connectivity index (χ1n) is 11.5. The maximum atomic E-state index is 13.9. The molecule has 180 valence electrons. The molecule has 2 aromatic rings. The Kier molecular flexibility index (Phi) is 5.45. The van der Waals surface area contributed by atoms with Gasteiger partial charge in [0.05, 0.1) is 0 Å². The van der Waals surface area contributed by atoms with Crippen LogP contribution in [0.1, 0.15) is 49.8 Å². The third kappa shape index (κ3) is 4.24. The monoisotopic (exact) mass is 467 g/mol. The predicted octanol–water partition coefficient (Wildman–Crippen LogP) is 3.56. The lowest BCUT2D eigenvalue weighted by molar-refractivity contribution is -0.141. The number of aromatic nitrogens is 2. The number of benzene rings is 1. The molecule has 1 spiro atoms. The second kappa shape index (κ2) is 7.95. The van der Waals surface area contributed by atoms with Crippen LogP contribution in [0.4, 0.5) is 23.4 Å². The van der Waals surface area contributed by atoms with E-state index in [9.17, 15) is 22.7 Å². The molecule has 1 aromatic carbocycles. The Morgan fingerprint density at radius 1 is 1.18 bits per heavy atom. The molecule has 3 aliphatic rings. The Morgan fingerprint density at radius 2 is 1.91 bits per heavy atom. The lowest BCUT2D eigenvalue weighted by Gasteiger charge is -2.45. The molecule has 0 amide bonds. The van der Waals surface area contributed by atoms with Gasteiger partial charge in [-0.3, -0.25) is 5.32 Å². The zero-order chi connectivity index (χ0) is 23.4. The summed E-state index contributed by atoms with van der Waals surface area (Å²) < 4.78 is 55.4. The molecular weight excluding hydrogens is 438 g/mol. The van der Waals surface area contributed by atoms with Crippen LogP contribution in [0.2, 0.25) is 0 Å². The molecule has 1 saturated heterocycles. The fraction of sp³-hybridized carbons (Fsp3) is 0.609. The van der Waals surface area contributed by atoms with E-state index < -0.39 is 23.8 Å². The number of anilines is 1. The first-order valence-corrected chi connectivity index (χ1v) is 11.5. The Labute approximate surface area is 190 Å². The van der Waals surface area contributed by atoms with Gasteiger partial charge in [0.25, 0.3) is 0 Å². The fourth-order valence-corrected chi connectivity index (χ4v) is 5.40. The maximum absolute atomic E-state index is 13.9. The van der Waals surface area contributed by atoms with Crippen molar-refractivity contribution in [2.75, 3.05) is 18.5 Å². The highest BCUT2D eigenvalue weighted by Crippen LogP contribution is 2.45. The van der Waals surface area contributed by atoms with E-state index in [-0.39, 0.29) is 11.4 Å². The molecule has 3 fully saturated rings. The second-order valence-electron chi connectivity index (χ2n) is 9.78. The first kappa shape index (κ1) is 22.6. The van der Waals surface area contributed by atoms with Crippen LogP contribution >= 0.6 is 0 Å². The van der Waals surface area contributed by atoms with Gasteiger partial charge in [-0.25, -0.2) is 9.07 Å². The number of halogens is 4. The van der Waals surface area contributed by atoms with E-state index in [1.807, 2.05) is 13.1 Å². The van der Waals surface area contributed by atoms with E-state index in [0.717, 1.165) is 24.5 Å². The normalized spacial score (nSPS) is 30.4. The number of alkyl halides is 3. The van der Waals surface area contributed by atoms with Gasteiger partial charge >= 0.3 is 6.18 Å². The number of aliphatic hydroxyl groups is 1. The lowest BCUT2D eigenvalue weighted by atomic mass is 9.69. The zero-order valence-electron chi connectivity index (χ0n) is 18.5. The summed E-state index contributed by atoms with van der Waals surface area (Å²) in [4.78, 5) is 1.60. The summed E-state index contributed by atoms with van der Waals surface area (Å²) in [6.45, 7) is 0.800. The van der Waals surface area contributed by atoms with E-state index in [2.05, 4.69) is 15.7 Å². The van der Waals surface area contributed by atoms with Crippen molar-refractivity contribution in [3.8, 4) is 0 Å². The average molecular weight is 468 g/mol. The molecule has 2 aliphatic carbocycles. The largest absolute Gasteiger partial charge is 0.435 e. The van der Waals surface area contributed by atoms with Crippen LogP contribution in [0.3, 0.4) is 0 Å². The highest BCUT2D eigenvalue weighted by Gasteiger charge is 2.50. The first-order chi connectivity index (χ1) is 15.6. The van der Waals surface area contributed by atoms with Gasteiger partial charge < -0.3 is 15.3 Å². The Morgan fingerprint density at radius 3 is 2.52 bits per heavy atom. The van der Waals surface area contributed by atoms with Crippen LogP contribution in [0.15, 0.2) is 30.3 Å². The Hall–Kier alpha value is -2.17. The Bertz CT molecular complexity index is 1010. The van der Waals surface area contributed by atoms with Gasteiger partial charge in [-0.05, 0) is 69.2 Å². The standard InChI is InChI=1S/C23H29F4N5O/c1-28-22(16-3-2-4-17(24)11-16)9-7-21(8-10-22)14-31(20(33)29-21)19-12-18(23(25,26)27)30-32(19)13-15-5-6-15/h2-4,11-12,15,20,28-29,33H,5-10,13-14H2,1H3. The van der Waals surface area contributed by atoms with Crippen molar-refractivity contribution in [2.24, 2.45) is 5.92 Å². The van der Waals surface area contributed by atoms with Crippen LogP contribution in [-0.4, -0.2) is 40.4 Å². The van der Waals surface area contributed by atoms with Crippen molar-refractivity contribution in [3.63, 3.8) is 0 Å². The summed E-state index contributed by atoms with van der Waals surface area (Å²) in [5, 5.41) is 21.3. The van der Waals surface area contributed by atoms with Gasteiger partial charge in [0.1, 0.15) is 11.6 Å². The number of nitrogens with one attached hydrogen (secondary N) is 2. The number of rotatable bonds is 5. The number of aliphatic hydroxyl groups excluding tert-OH is 1. The van der Waals surface area contributed by atoms with E-state index >= 15 is 0 Å². The quantitative estimate of drug-likeness (QED) is 0.587. The van der Waals surface area contributed by atoms with Crippen molar-refractivity contribution in [1.29, 1.82) is 0 Å². The van der Waals surface area contributed by atoms with E-state index in [0.29, 0.717) is 50.5 Å². The molecule has 0 radical (unpaired) electrons. The maximum Gasteiger partial charge on any atom is 0.435 e. The molecule has 10 heteroatoms. The second-order valence-corrected chi connectivity index (χ2v) is 9.78. The van der Waals surface area contributed by atoms with Crippen LogP contribution < -0.4 is 15.5 Å². The van der Waals surface area contributed by atoms with Gasteiger partial charge in [-0.2, -0.15) is 18.3 Å². The summed E-state index contributed by atoms with van der Waals surface area (Å²) >= 11 is 0. The molecule has 1 unspecified atom stereocenters. The summed E-state index contributed by atoms with van der Waals surface area (Å²) in [5.41, 5.74) is -0.882. The number of hydrogen-bond donors (Lipinski definition) is 3. The van der Waals surface area contributed by atoms with Gasteiger partial charge in [0.15, 0.2) is 12.0 Å². The highest BCUT2D eigenvalue weighted by atomic mass is 19.4. The summed E-state index contributed by atoms with van der Waals surface area (Å²) in [5.74, 6) is 0.345. The molecule has 2 saturated carbocycles. The van der Waals surface area contributed by atoms with Crippen molar-refractivity contribution in [1.82, 2.24) is 20.4 Å². The van der Waals surface area contributed by atoms with Crippen LogP contribution in [0.5, 0.6) is 0 Å². The minimum Gasteiger partial charge on any atom is -0.361 e. The summed E-state index contributed by atoms with van der Waals surface area (Å²) in [6, 6.07) is 7.62. The zero-order valence-corrected chi connectivity index (χ0v) is 18.5. The van der Waals surface area contributed by atoms with Crippen LogP contribution in [-0.2, 0) is 18.3 Å². The topological polar surface area (TPSA) is 65.4 Å². The predicted molar refractivity (Wildman–Crippen MR) is 115 cm³/mol. The molecule has 1 aromatic heterocycles. The third-order valence-electron chi connectivity index (χ3n) is 7.59. The van der Waals surface area contributed by atoms with Crippen molar-refractivity contribution >= 4 is 5.82 Å². The molecule has 1 atom stereocenters. The fourth-order valence-electron chi connectivity index (χ4n) is 5.40. The summed E-state index contributed by atoms with van der Waals surface area (Å²) in [7, 11) is 1.86. The molecular formula is C23H29F4N5O. The van der Waals surface area contributed by atoms with Crippen LogP contribution in [0, 0.1) is 11.7 Å². The van der Waals surface area contributed by atoms with Gasteiger partial charge in [-0.15, -0.1) is 0 Å². The van der Waals surface area contributed by atoms with E-state index in [4.69, 9.17) is 0 Å². The van der Waals surface area contributed by atoms with Crippen molar-refractivity contribution in [3.05, 3.63) is 47.4 Å². The highest BCUT2D eigenvalue weighted by molar-refractivity contribution is 5.45. The molecule has 3 N–H and O–H groups in total. The minimum absolute atomic E-state index is 0.285. The van der Waals surface area contributed by atoms with Crippen molar-refractivity contribution in [2.45, 2.75) is 68.7 Å². The number of nitrogens with zero attached hydrogens (tertiary/aromatic N) is 3. The third-order valence-corrected chi connectivity index (χ3v) is 7.59. The smallest absolute Gasteiger partial charge is 0.361 e. The molecule has 2 heterocycles. The van der Waals surface area contributed by atoms with E-state index in [1.165, 1.54) is 10.7 Å². The van der Waals surface area contributed by atoms with Gasteiger partial charge in [0, 0.05) is 30.2 Å². The van der Waals surface area contributed by atoms with Crippen molar-refractivity contribution < 1.29 is 22.7 Å². The van der Waals surface area contributed by atoms with Crippen LogP contribution in [0.25, 0.3) is 0 Å². The molecule has 33 heavy (non-hydrogen) atoms. The minimum atomic E-state index is -4.54. The molecule has 0 bridgehead atoms. The summed E-state index contributed by atoms with van der Waals surface area (Å²) in [6.07, 6.45) is -0.902. The number of hydrogen-bond acceptors (Lipinski definition) is 5. The van der Waals surface area contributed by atoms with E-state index in [1.54, 1.807) is 17.0 Å². The van der Waals surface area contributed by atoms with Gasteiger partial charge in [0.2, 0.25) is 0 Å². The Balaban J connectivity index is 1.37. The molecule has 1 aliphatic heterocycles. The lowest BCUT2D eigenvalue weighted by Crippen LogP contribution is -2.54. The molecule has 6 nitrogen and oxygen atoms in total. The average Bonchev–Trinajstić information content (AvgIpc) is 3.39. The van der Waals surface area contributed by atoms with Gasteiger partial charge in [-0.1, -0.05) is 12.1 Å².